The molecule has 0 aliphatic carbocycles. The van der Waals surface area contributed by atoms with Crippen molar-refractivity contribution in [2.75, 3.05) is 6.61 Å². The molecule has 0 spiro atoms. The molecular weight excluding hydrogens is 318 g/mol. The molecule has 0 unspecified atom stereocenters. The van der Waals surface area contributed by atoms with Crippen LogP contribution in [0.3, 0.4) is 0 Å². The van der Waals surface area contributed by atoms with E-state index < -0.39 is 0 Å². The fourth-order valence-electron chi connectivity index (χ4n) is 2.14. The summed E-state index contributed by atoms with van der Waals surface area (Å²) in [4.78, 5) is 16.2. The van der Waals surface area contributed by atoms with E-state index in [1.807, 2.05) is 0 Å². The molecule has 23 heavy (non-hydrogen) atoms. The summed E-state index contributed by atoms with van der Waals surface area (Å²) in [5, 5.41) is 0.623. The van der Waals surface area contributed by atoms with Crippen LogP contribution in [0.15, 0.2) is 51.5 Å². The number of hydrogen-bond acceptors (Lipinski definition) is 5. The first kappa shape index (κ1) is 15.4. The summed E-state index contributed by atoms with van der Waals surface area (Å²) in [5.74, 6) is 0.966. The largest absolute Gasteiger partial charge is 0.466 e. The van der Waals surface area contributed by atoms with Gasteiger partial charge < -0.3 is 13.6 Å². The second-order valence-electron chi connectivity index (χ2n) is 4.76. The Balaban J connectivity index is 1.99. The van der Waals surface area contributed by atoms with Gasteiger partial charge in [-0.05, 0) is 43.3 Å². The number of nitrogens with zero attached hydrogens (tertiary/aromatic N) is 1. The molecule has 5 nitrogen and oxygen atoms in total. The van der Waals surface area contributed by atoms with E-state index in [2.05, 4.69) is 4.98 Å². The number of furan rings is 1. The predicted molar refractivity (Wildman–Crippen MR) is 85.0 cm³/mol. The Morgan fingerprint density at radius 1 is 1.26 bits per heavy atom. The smallest absolute Gasteiger partial charge is 0.312 e. The second-order valence-corrected chi connectivity index (χ2v) is 5.20. The molecule has 2 heterocycles. The molecule has 0 bridgehead atoms. The molecule has 0 aliphatic heterocycles. The molecule has 0 saturated carbocycles. The van der Waals surface area contributed by atoms with E-state index in [0.717, 1.165) is 5.56 Å². The van der Waals surface area contributed by atoms with Crippen molar-refractivity contribution >= 4 is 17.6 Å². The summed E-state index contributed by atoms with van der Waals surface area (Å²) in [6, 6.07) is 10.6. The first-order valence-corrected chi connectivity index (χ1v) is 7.50. The minimum Gasteiger partial charge on any atom is -0.466 e. The Hall–Kier alpha value is -2.53. The predicted octanol–water partition coefficient (Wildman–Crippen LogP) is 4.36. The van der Waals surface area contributed by atoms with Gasteiger partial charge in [0.1, 0.15) is 5.69 Å². The first-order valence-electron chi connectivity index (χ1n) is 7.12. The topological polar surface area (TPSA) is 65.5 Å². The van der Waals surface area contributed by atoms with Crippen LogP contribution in [0.25, 0.3) is 23.0 Å². The Labute approximate surface area is 137 Å². The zero-order chi connectivity index (χ0) is 16.2. The van der Waals surface area contributed by atoms with E-state index in [4.69, 9.17) is 25.2 Å². The Morgan fingerprint density at radius 3 is 2.70 bits per heavy atom. The van der Waals surface area contributed by atoms with Crippen LogP contribution >= 0.6 is 11.6 Å². The lowest BCUT2D eigenvalue weighted by Crippen LogP contribution is -2.08. The van der Waals surface area contributed by atoms with E-state index in [9.17, 15) is 4.79 Å². The highest BCUT2D eigenvalue weighted by atomic mass is 35.5. The van der Waals surface area contributed by atoms with E-state index in [0.29, 0.717) is 34.7 Å². The van der Waals surface area contributed by atoms with Crippen molar-refractivity contribution in [1.29, 1.82) is 0 Å². The summed E-state index contributed by atoms with van der Waals surface area (Å²) >= 11 is 5.89. The van der Waals surface area contributed by atoms with Crippen LogP contribution in [-0.4, -0.2) is 17.6 Å². The molecule has 0 saturated heterocycles. The molecule has 118 valence electrons. The molecule has 6 heteroatoms. The molecule has 0 atom stereocenters. The third kappa shape index (κ3) is 3.46. The molecule has 0 N–H and O–H groups in total. The zero-order valence-corrected chi connectivity index (χ0v) is 13.2. The van der Waals surface area contributed by atoms with Crippen molar-refractivity contribution in [2.24, 2.45) is 0 Å². The first-order chi connectivity index (χ1) is 11.2. The van der Waals surface area contributed by atoms with Crippen LogP contribution < -0.4 is 0 Å². The number of rotatable bonds is 5. The van der Waals surface area contributed by atoms with Crippen molar-refractivity contribution in [1.82, 2.24) is 4.98 Å². The molecule has 0 aliphatic rings. The number of ether oxygens (including phenoxy) is 1. The summed E-state index contributed by atoms with van der Waals surface area (Å²) in [7, 11) is 0. The zero-order valence-electron chi connectivity index (χ0n) is 12.4. The van der Waals surface area contributed by atoms with Gasteiger partial charge in [-0.25, -0.2) is 4.98 Å². The van der Waals surface area contributed by atoms with Gasteiger partial charge in [0.15, 0.2) is 11.5 Å². The van der Waals surface area contributed by atoms with Crippen molar-refractivity contribution in [3.63, 3.8) is 0 Å². The van der Waals surface area contributed by atoms with E-state index in [1.54, 1.807) is 43.3 Å². The molecule has 2 aromatic heterocycles. The van der Waals surface area contributed by atoms with E-state index >= 15 is 0 Å². The molecule has 3 aromatic rings. The SMILES string of the molecule is CCOC(=O)Cc1nc(-c2ccc(Cl)cc2)oc1-c1ccco1. The fourth-order valence-corrected chi connectivity index (χ4v) is 2.26. The van der Waals surface area contributed by atoms with Crippen molar-refractivity contribution in [3.05, 3.63) is 53.4 Å². The lowest BCUT2D eigenvalue weighted by molar-refractivity contribution is -0.142. The van der Waals surface area contributed by atoms with Crippen molar-refractivity contribution < 1.29 is 18.4 Å². The normalized spacial score (nSPS) is 10.7. The summed E-state index contributed by atoms with van der Waals surface area (Å²) in [5.41, 5.74) is 1.24. The minimum atomic E-state index is -0.365. The highest BCUT2D eigenvalue weighted by Crippen LogP contribution is 2.31. The number of carbonyl (C=O) groups excluding carboxylic acids is 1. The second kappa shape index (κ2) is 6.71. The van der Waals surface area contributed by atoms with Gasteiger partial charge in [-0.15, -0.1) is 0 Å². The summed E-state index contributed by atoms with van der Waals surface area (Å²) in [6.45, 7) is 2.07. The highest BCUT2D eigenvalue weighted by Gasteiger charge is 2.21. The van der Waals surface area contributed by atoms with Crippen LogP contribution in [0.1, 0.15) is 12.6 Å². The number of hydrogen-bond donors (Lipinski definition) is 0. The van der Waals surface area contributed by atoms with Gasteiger partial charge in [-0.1, -0.05) is 11.6 Å². The van der Waals surface area contributed by atoms with Gasteiger partial charge in [-0.2, -0.15) is 0 Å². The Bertz CT molecular complexity index is 791. The van der Waals surface area contributed by atoms with E-state index in [1.165, 1.54) is 6.26 Å². The van der Waals surface area contributed by atoms with Crippen LogP contribution in [0.5, 0.6) is 0 Å². The lowest BCUT2D eigenvalue weighted by atomic mass is 10.2. The van der Waals surface area contributed by atoms with Crippen LogP contribution in [0.4, 0.5) is 0 Å². The van der Waals surface area contributed by atoms with Gasteiger partial charge in [0.25, 0.3) is 0 Å². The van der Waals surface area contributed by atoms with Crippen LogP contribution in [0, 0.1) is 0 Å². The quantitative estimate of drug-likeness (QED) is 0.650. The van der Waals surface area contributed by atoms with Crippen LogP contribution in [0.2, 0.25) is 5.02 Å². The third-order valence-corrected chi connectivity index (χ3v) is 3.40. The maximum atomic E-state index is 11.8. The van der Waals surface area contributed by atoms with Gasteiger partial charge >= 0.3 is 5.97 Å². The van der Waals surface area contributed by atoms with Gasteiger partial charge in [-0.3, -0.25) is 4.79 Å². The van der Waals surface area contributed by atoms with Crippen molar-refractivity contribution in [3.8, 4) is 23.0 Å². The number of benzene rings is 1. The molecule has 0 amide bonds. The minimum absolute atomic E-state index is 0.0148. The molecular formula is C17H14ClNO4. The van der Waals surface area contributed by atoms with Crippen LogP contribution in [-0.2, 0) is 16.0 Å². The number of aromatic nitrogens is 1. The van der Waals surface area contributed by atoms with Gasteiger partial charge in [0.2, 0.25) is 5.89 Å². The van der Waals surface area contributed by atoms with Gasteiger partial charge in [0, 0.05) is 10.6 Å². The molecule has 3 rings (SSSR count). The lowest BCUT2D eigenvalue weighted by Gasteiger charge is -1.99. The van der Waals surface area contributed by atoms with Crippen molar-refractivity contribution in [2.45, 2.75) is 13.3 Å². The standard InChI is InChI=1S/C17H14ClNO4/c1-2-21-15(20)10-13-16(14-4-3-9-22-14)23-17(19-13)11-5-7-12(18)8-6-11/h3-9H,2,10H2,1H3. The van der Waals surface area contributed by atoms with Gasteiger partial charge in [0.05, 0.1) is 19.3 Å². The molecule has 0 fully saturated rings. The number of carbonyl (C=O) groups is 1. The number of halogens is 1. The monoisotopic (exact) mass is 331 g/mol. The molecule has 1 aromatic carbocycles. The molecule has 0 radical (unpaired) electrons. The van der Waals surface area contributed by atoms with E-state index in [-0.39, 0.29) is 12.4 Å². The third-order valence-electron chi connectivity index (χ3n) is 3.15. The summed E-state index contributed by atoms with van der Waals surface area (Å²) in [6.07, 6.45) is 1.55. The maximum absolute atomic E-state index is 11.8. The number of esters is 1. The average Bonchev–Trinajstić information content (AvgIpc) is 3.17. The Morgan fingerprint density at radius 2 is 2.04 bits per heavy atom. The Kier molecular flexibility index (Phi) is 4.48. The maximum Gasteiger partial charge on any atom is 0.312 e. The number of oxazole rings is 1. The fraction of sp³-hybridized carbons (Fsp3) is 0.176. The average molecular weight is 332 g/mol. The summed E-state index contributed by atoms with van der Waals surface area (Å²) < 4.78 is 16.2. The highest BCUT2D eigenvalue weighted by molar-refractivity contribution is 6.30.